The lowest BCUT2D eigenvalue weighted by Crippen LogP contribution is -2.26. The molecule has 8 heteroatoms. The number of nitro groups is 1. The number of aromatic nitrogens is 2. The summed E-state index contributed by atoms with van der Waals surface area (Å²) in [5, 5.41) is 17.4. The molecule has 0 atom stereocenters. The Hall–Kier alpha value is -3.03. The number of rotatable bonds is 6. The molecule has 23 heavy (non-hydrogen) atoms. The Balaban J connectivity index is 2.25. The van der Waals surface area contributed by atoms with E-state index in [-0.39, 0.29) is 22.6 Å². The zero-order chi connectivity index (χ0) is 16.8. The molecule has 2 rings (SSSR count). The van der Waals surface area contributed by atoms with Crippen molar-refractivity contribution in [1.29, 1.82) is 0 Å². The molecule has 1 aromatic carbocycles. The van der Waals surface area contributed by atoms with Gasteiger partial charge >= 0.3 is 0 Å². The monoisotopic (exact) mass is 316 g/mol. The van der Waals surface area contributed by atoms with Gasteiger partial charge in [0.2, 0.25) is 0 Å². The average Bonchev–Trinajstić information content (AvgIpc) is 2.54. The molecule has 1 N–H and O–H groups in total. The molecule has 0 radical (unpaired) electrons. The van der Waals surface area contributed by atoms with Gasteiger partial charge < -0.3 is 5.32 Å². The normalized spacial score (nSPS) is 10.3. The SMILES string of the molecule is CCCCn1nc(C(=O)Nc2ccccc2[N+](=O)[O-])ccc1=O. The van der Waals surface area contributed by atoms with Crippen LogP contribution in [-0.2, 0) is 6.54 Å². The van der Waals surface area contributed by atoms with Gasteiger partial charge in [-0.25, -0.2) is 4.68 Å². The van der Waals surface area contributed by atoms with E-state index in [2.05, 4.69) is 10.4 Å². The maximum absolute atomic E-state index is 12.2. The predicted molar refractivity (Wildman–Crippen MR) is 84.5 cm³/mol. The molecule has 120 valence electrons. The molecule has 0 saturated carbocycles. The lowest BCUT2D eigenvalue weighted by atomic mass is 10.2. The molecule has 1 heterocycles. The zero-order valence-corrected chi connectivity index (χ0v) is 12.6. The summed E-state index contributed by atoms with van der Waals surface area (Å²) in [5.74, 6) is -0.607. The van der Waals surface area contributed by atoms with Crippen molar-refractivity contribution in [2.75, 3.05) is 5.32 Å². The van der Waals surface area contributed by atoms with Crippen LogP contribution in [0.3, 0.4) is 0 Å². The first-order valence-electron chi connectivity index (χ1n) is 7.16. The van der Waals surface area contributed by atoms with Crippen molar-refractivity contribution in [1.82, 2.24) is 9.78 Å². The van der Waals surface area contributed by atoms with Gasteiger partial charge in [-0.1, -0.05) is 25.5 Å². The van der Waals surface area contributed by atoms with Crippen molar-refractivity contribution in [3.8, 4) is 0 Å². The molecule has 0 aliphatic heterocycles. The number of nitrogens with one attached hydrogen (secondary N) is 1. The van der Waals surface area contributed by atoms with Crippen LogP contribution in [-0.4, -0.2) is 20.6 Å². The van der Waals surface area contributed by atoms with Gasteiger partial charge in [-0.05, 0) is 18.6 Å². The van der Waals surface area contributed by atoms with E-state index in [1.54, 1.807) is 6.07 Å². The highest BCUT2D eigenvalue weighted by Crippen LogP contribution is 2.23. The summed E-state index contributed by atoms with van der Waals surface area (Å²) in [6.45, 7) is 2.40. The Morgan fingerprint density at radius 2 is 2.04 bits per heavy atom. The van der Waals surface area contributed by atoms with E-state index < -0.39 is 10.8 Å². The standard InChI is InChI=1S/C15H16N4O4/c1-2-3-10-18-14(20)9-8-12(17-18)15(21)16-11-6-4-5-7-13(11)19(22)23/h4-9H,2-3,10H2,1H3,(H,16,21). The second-order valence-electron chi connectivity index (χ2n) is 4.86. The first-order chi connectivity index (χ1) is 11.0. The maximum atomic E-state index is 12.2. The van der Waals surface area contributed by atoms with E-state index in [0.717, 1.165) is 12.8 Å². The van der Waals surface area contributed by atoms with E-state index in [9.17, 15) is 19.7 Å². The second-order valence-corrected chi connectivity index (χ2v) is 4.86. The Morgan fingerprint density at radius 1 is 1.30 bits per heavy atom. The van der Waals surface area contributed by atoms with Crippen LogP contribution in [0, 0.1) is 10.1 Å². The van der Waals surface area contributed by atoms with Crippen LogP contribution in [0.25, 0.3) is 0 Å². The predicted octanol–water partition coefficient (Wildman–Crippen LogP) is 2.20. The summed E-state index contributed by atoms with van der Waals surface area (Å²) in [6, 6.07) is 8.38. The van der Waals surface area contributed by atoms with Crippen molar-refractivity contribution in [2.24, 2.45) is 0 Å². The smallest absolute Gasteiger partial charge is 0.292 e. The number of hydrogen-bond donors (Lipinski definition) is 1. The molecule has 0 spiro atoms. The summed E-state index contributed by atoms with van der Waals surface area (Å²) >= 11 is 0. The highest BCUT2D eigenvalue weighted by atomic mass is 16.6. The summed E-state index contributed by atoms with van der Waals surface area (Å²) in [5.41, 5.74) is -0.393. The number of anilines is 1. The third-order valence-corrected chi connectivity index (χ3v) is 3.17. The van der Waals surface area contributed by atoms with E-state index >= 15 is 0 Å². The van der Waals surface area contributed by atoms with Gasteiger partial charge in [0, 0.05) is 18.7 Å². The minimum Gasteiger partial charge on any atom is -0.315 e. The molecule has 1 amide bonds. The molecule has 0 unspecified atom stereocenters. The van der Waals surface area contributed by atoms with Gasteiger partial charge in [-0.2, -0.15) is 5.10 Å². The van der Waals surface area contributed by atoms with Crippen molar-refractivity contribution in [3.63, 3.8) is 0 Å². The zero-order valence-electron chi connectivity index (χ0n) is 12.6. The fourth-order valence-electron chi connectivity index (χ4n) is 1.96. The molecule has 2 aromatic rings. The van der Waals surface area contributed by atoms with Gasteiger partial charge in [0.15, 0.2) is 0 Å². The van der Waals surface area contributed by atoms with E-state index in [1.165, 1.54) is 35.0 Å². The van der Waals surface area contributed by atoms with Gasteiger partial charge in [0.05, 0.1) is 4.92 Å². The number of carbonyl (C=O) groups excluding carboxylic acids is 1. The first kappa shape index (κ1) is 16.3. The highest BCUT2D eigenvalue weighted by molar-refractivity contribution is 6.03. The minimum atomic E-state index is -0.607. The Kier molecular flexibility index (Phi) is 5.19. The topological polar surface area (TPSA) is 107 Å². The van der Waals surface area contributed by atoms with Crippen LogP contribution in [0.2, 0.25) is 0 Å². The van der Waals surface area contributed by atoms with Crippen molar-refractivity contribution in [2.45, 2.75) is 26.3 Å². The molecule has 0 aliphatic rings. The number of unbranched alkanes of at least 4 members (excludes halogenated alkanes) is 1. The van der Waals surface area contributed by atoms with Crippen LogP contribution >= 0.6 is 0 Å². The van der Waals surface area contributed by atoms with Gasteiger partial charge in [0.1, 0.15) is 11.4 Å². The highest BCUT2D eigenvalue weighted by Gasteiger charge is 2.17. The summed E-state index contributed by atoms with van der Waals surface area (Å²) in [7, 11) is 0. The molecular weight excluding hydrogens is 300 g/mol. The number of aryl methyl sites for hydroxylation is 1. The number of amides is 1. The number of benzene rings is 1. The minimum absolute atomic E-state index is 0.0267. The molecule has 8 nitrogen and oxygen atoms in total. The first-order valence-corrected chi connectivity index (χ1v) is 7.16. The Labute approximate surface area is 131 Å². The number of carbonyl (C=O) groups is 1. The van der Waals surface area contributed by atoms with Gasteiger partial charge in [-0.15, -0.1) is 0 Å². The molecule has 0 bridgehead atoms. The second kappa shape index (κ2) is 7.30. The number of nitro benzene ring substituents is 1. The van der Waals surface area contributed by atoms with Crippen molar-refractivity contribution >= 4 is 17.3 Å². The molecule has 0 saturated heterocycles. The van der Waals surface area contributed by atoms with Crippen LogP contribution in [0.5, 0.6) is 0 Å². The lowest BCUT2D eigenvalue weighted by Gasteiger charge is -2.07. The van der Waals surface area contributed by atoms with E-state index in [4.69, 9.17) is 0 Å². The van der Waals surface area contributed by atoms with Gasteiger partial charge in [0.25, 0.3) is 17.2 Å². The summed E-state index contributed by atoms with van der Waals surface area (Å²) < 4.78 is 1.22. The fourth-order valence-corrected chi connectivity index (χ4v) is 1.96. The average molecular weight is 316 g/mol. The van der Waals surface area contributed by atoms with E-state index in [1.807, 2.05) is 6.92 Å². The summed E-state index contributed by atoms with van der Waals surface area (Å²) in [4.78, 5) is 34.3. The third kappa shape index (κ3) is 4.00. The third-order valence-electron chi connectivity index (χ3n) is 3.17. The van der Waals surface area contributed by atoms with Crippen LogP contribution in [0.1, 0.15) is 30.3 Å². The summed E-state index contributed by atoms with van der Waals surface area (Å²) in [6.07, 6.45) is 1.66. The Morgan fingerprint density at radius 3 is 2.74 bits per heavy atom. The van der Waals surface area contributed by atoms with Crippen LogP contribution in [0.4, 0.5) is 11.4 Å². The van der Waals surface area contributed by atoms with Crippen molar-refractivity contribution < 1.29 is 9.72 Å². The number of hydrogen-bond acceptors (Lipinski definition) is 5. The van der Waals surface area contributed by atoms with Gasteiger partial charge in [-0.3, -0.25) is 19.7 Å². The molecule has 1 aromatic heterocycles. The molecule has 0 aliphatic carbocycles. The number of para-hydroxylation sites is 2. The molecular formula is C15H16N4O4. The van der Waals surface area contributed by atoms with E-state index in [0.29, 0.717) is 6.54 Å². The quantitative estimate of drug-likeness (QED) is 0.649. The lowest BCUT2D eigenvalue weighted by molar-refractivity contribution is -0.383. The van der Waals surface area contributed by atoms with Crippen LogP contribution in [0.15, 0.2) is 41.2 Å². The number of nitrogens with zero attached hydrogens (tertiary/aromatic N) is 3. The Bertz CT molecular complexity index is 785. The molecule has 0 fully saturated rings. The van der Waals surface area contributed by atoms with Crippen LogP contribution < -0.4 is 10.9 Å². The van der Waals surface area contributed by atoms with Crippen molar-refractivity contribution in [3.05, 3.63) is 62.6 Å². The maximum Gasteiger partial charge on any atom is 0.292 e. The largest absolute Gasteiger partial charge is 0.315 e. The fraction of sp³-hybridized carbons (Fsp3) is 0.267.